The van der Waals surface area contributed by atoms with Crippen LogP contribution in [-0.4, -0.2) is 43.6 Å². The molecule has 2 rings (SSSR count). The van der Waals surface area contributed by atoms with Crippen molar-refractivity contribution in [2.24, 2.45) is 0 Å². The number of ether oxygens (including phenoxy) is 3. The Bertz CT molecular complexity index is 566. The average Bonchev–Trinajstić information content (AvgIpc) is 2.66. The van der Waals surface area contributed by atoms with E-state index in [1.807, 2.05) is 0 Å². The predicted octanol–water partition coefficient (Wildman–Crippen LogP) is 4.17. The molecule has 1 atom stereocenters. The van der Waals surface area contributed by atoms with Gasteiger partial charge in [-0.1, -0.05) is 12.1 Å². The molecule has 27 heavy (non-hydrogen) atoms. The van der Waals surface area contributed by atoms with Crippen molar-refractivity contribution in [2.45, 2.75) is 63.1 Å². The van der Waals surface area contributed by atoms with Gasteiger partial charge in [0, 0.05) is 17.3 Å². The second kappa shape index (κ2) is 12.9. The molecule has 5 nitrogen and oxygen atoms in total. The van der Waals surface area contributed by atoms with Gasteiger partial charge in [0.25, 0.3) is 0 Å². The predicted molar refractivity (Wildman–Crippen MR) is 106 cm³/mol. The van der Waals surface area contributed by atoms with Crippen molar-refractivity contribution < 1.29 is 23.8 Å². The highest BCUT2D eigenvalue weighted by Crippen LogP contribution is 2.20. The standard InChI is InChI=1S/C21H30O5S/c1-17(22)16-20(23)24-14-5-15-27-19-10-8-18(9-11-19)6-4-13-26-21-7-2-3-12-25-21/h8-11,21H,2-7,12-16H2,1H3. The molecule has 0 aromatic heterocycles. The van der Waals surface area contributed by atoms with Gasteiger partial charge in [0.2, 0.25) is 0 Å². The number of esters is 1. The van der Waals surface area contributed by atoms with Crippen molar-refractivity contribution in [1.82, 2.24) is 0 Å². The minimum absolute atomic E-state index is 0.000685. The fourth-order valence-corrected chi connectivity index (χ4v) is 3.60. The van der Waals surface area contributed by atoms with E-state index in [4.69, 9.17) is 14.2 Å². The lowest BCUT2D eigenvalue weighted by Gasteiger charge is -2.22. The van der Waals surface area contributed by atoms with E-state index in [0.717, 1.165) is 51.1 Å². The fourth-order valence-electron chi connectivity index (χ4n) is 2.78. The molecule has 1 aliphatic rings. The van der Waals surface area contributed by atoms with Crippen LogP contribution in [0, 0.1) is 0 Å². The van der Waals surface area contributed by atoms with Gasteiger partial charge in [-0.15, -0.1) is 11.8 Å². The van der Waals surface area contributed by atoms with Gasteiger partial charge in [-0.05, 0) is 63.1 Å². The fraction of sp³-hybridized carbons (Fsp3) is 0.619. The summed E-state index contributed by atoms with van der Waals surface area (Å²) in [7, 11) is 0. The number of carbonyl (C=O) groups excluding carboxylic acids is 2. The zero-order valence-corrected chi connectivity index (χ0v) is 16.9. The second-order valence-corrected chi connectivity index (χ2v) is 7.88. The van der Waals surface area contributed by atoms with Gasteiger partial charge >= 0.3 is 5.97 Å². The van der Waals surface area contributed by atoms with Crippen LogP contribution < -0.4 is 0 Å². The van der Waals surface area contributed by atoms with Crippen LogP contribution in [0.25, 0.3) is 0 Å². The van der Waals surface area contributed by atoms with Gasteiger partial charge in [-0.3, -0.25) is 9.59 Å². The molecule has 0 N–H and O–H groups in total. The van der Waals surface area contributed by atoms with Crippen LogP contribution in [0.15, 0.2) is 29.2 Å². The zero-order chi connectivity index (χ0) is 19.3. The Morgan fingerprint density at radius 2 is 1.96 bits per heavy atom. The summed E-state index contributed by atoms with van der Waals surface area (Å²) in [6, 6.07) is 8.58. The van der Waals surface area contributed by atoms with Gasteiger partial charge in [0.1, 0.15) is 12.2 Å². The summed E-state index contributed by atoms with van der Waals surface area (Å²) in [5, 5.41) is 0. The number of Topliss-reactive ketones (excluding diaryl/α,β-unsaturated/α-hetero) is 1. The highest BCUT2D eigenvalue weighted by Gasteiger charge is 2.13. The molecule has 1 saturated heterocycles. The van der Waals surface area contributed by atoms with E-state index < -0.39 is 5.97 Å². The monoisotopic (exact) mass is 394 g/mol. The molecular weight excluding hydrogens is 364 g/mol. The highest BCUT2D eigenvalue weighted by molar-refractivity contribution is 7.99. The molecule has 1 aromatic rings. The van der Waals surface area contributed by atoms with E-state index in [2.05, 4.69) is 24.3 Å². The summed E-state index contributed by atoms with van der Waals surface area (Å²) < 4.78 is 16.3. The van der Waals surface area contributed by atoms with Gasteiger partial charge < -0.3 is 14.2 Å². The van der Waals surface area contributed by atoms with Crippen LogP contribution in [-0.2, 0) is 30.2 Å². The summed E-state index contributed by atoms with van der Waals surface area (Å²) >= 11 is 1.74. The van der Waals surface area contributed by atoms with E-state index >= 15 is 0 Å². The van der Waals surface area contributed by atoms with Crippen LogP contribution in [0.4, 0.5) is 0 Å². The molecule has 0 saturated carbocycles. The number of benzene rings is 1. The molecule has 1 aromatic carbocycles. The number of aryl methyl sites for hydroxylation is 1. The Morgan fingerprint density at radius 3 is 2.67 bits per heavy atom. The quantitative estimate of drug-likeness (QED) is 0.229. The van der Waals surface area contributed by atoms with Gasteiger partial charge in [-0.2, -0.15) is 0 Å². The third-order valence-corrected chi connectivity index (χ3v) is 5.29. The number of hydrogen-bond acceptors (Lipinski definition) is 6. The Labute approximate surface area is 166 Å². The first-order valence-electron chi connectivity index (χ1n) is 9.73. The van der Waals surface area contributed by atoms with Crippen molar-refractivity contribution in [3.05, 3.63) is 29.8 Å². The summed E-state index contributed by atoms with van der Waals surface area (Å²) in [6.45, 7) is 3.31. The highest BCUT2D eigenvalue weighted by atomic mass is 32.2. The molecule has 0 spiro atoms. The Morgan fingerprint density at radius 1 is 1.15 bits per heavy atom. The number of carbonyl (C=O) groups is 2. The topological polar surface area (TPSA) is 61.8 Å². The molecule has 1 heterocycles. The Kier molecular flexibility index (Phi) is 10.5. The van der Waals surface area contributed by atoms with Crippen molar-refractivity contribution in [1.29, 1.82) is 0 Å². The maximum absolute atomic E-state index is 11.3. The summed E-state index contributed by atoms with van der Waals surface area (Å²) in [5.41, 5.74) is 1.31. The lowest BCUT2D eigenvalue weighted by atomic mass is 10.1. The van der Waals surface area contributed by atoms with E-state index in [1.54, 1.807) is 11.8 Å². The van der Waals surface area contributed by atoms with Crippen LogP contribution in [0.3, 0.4) is 0 Å². The van der Waals surface area contributed by atoms with Crippen LogP contribution in [0.1, 0.15) is 51.0 Å². The second-order valence-electron chi connectivity index (χ2n) is 6.72. The largest absolute Gasteiger partial charge is 0.465 e. The van der Waals surface area contributed by atoms with Crippen molar-refractivity contribution in [3.63, 3.8) is 0 Å². The molecule has 1 unspecified atom stereocenters. The van der Waals surface area contributed by atoms with Gasteiger partial charge in [0.05, 0.1) is 13.2 Å². The first kappa shape index (κ1) is 21.9. The van der Waals surface area contributed by atoms with Crippen molar-refractivity contribution >= 4 is 23.5 Å². The molecule has 0 radical (unpaired) electrons. The molecule has 6 heteroatoms. The SMILES string of the molecule is CC(=O)CC(=O)OCCCSc1ccc(CCCOC2CCCCO2)cc1. The minimum Gasteiger partial charge on any atom is -0.465 e. The molecule has 1 fully saturated rings. The van der Waals surface area contributed by atoms with Crippen molar-refractivity contribution in [2.75, 3.05) is 25.6 Å². The molecule has 150 valence electrons. The zero-order valence-electron chi connectivity index (χ0n) is 16.1. The summed E-state index contributed by atoms with van der Waals surface area (Å²) in [6.07, 6.45) is 6.01. The normalized spacial score (nSPS) is 16.9. The minimum atomic E-state index is -0.434. The number of thioether (sulfide) groups is 1. The first-order chi connectivity index (χ1) is 13.1. The lowest BCUT2D eigenvalue weighted by Crippen LogP contribution is -2.22. The maximum atomic E-state index is 11.3. The van der Waals surface area contributed by atoms with E-state index in [9.17, 15) is 9.59 Å². The van der Waals surface area contributed by atoms with Crippen molar-refractivity contribution in [3.8, 4) is 0 Å². The lowest BCUT2D eigenvalue weighted by molar-refractivity contribution is -0.162. The number of ketones is 1. The molecule has 0 aliphatic carbocycles. The van der Waals surface area contributed by atoms with Crippen LogP contribution in [0.2, 0.25) is 0 Å². The molecular formula is C21H30O5S. The first-order valence-corrected chi connectivity index (χ1v) is 10.7. The summed E-state index contributed by atoms with van der Waals surface area (Å²) in [4.78, 5) is 23.3. The number of rotatable bonds is 12. The molecule has 0 bridgehead atoms. The Balaban J connectivity index is 1.52. The van der Waals surface area contributed by atoms with Crippen LogP contribution >= 0.6 is 11.8 Å². The third-order valence-electron chi connectivity index (χ3n) is 4.19. The average molecular weight is 395 g/mol. The van der Waals surface area contributed by atoms with Gasteiger partial charge in [-0.25, -0.2) is 0 Å². The van der Waals surface area contributed by atoms with Crippen LogP contribution in [0.5, 0.6) is 0 Å². The smallest absolute Gasteiger partial charge is 0.313 e. The third kappa shape index (κ3) is 9.94. The molecule has 1 aliphatic heterocycles. The maximum Gasteiger partial charge on any atom is 0.313 e. The molecule has 0 amide bonds. The van der Waals surface area contributed by atoms with Gasteiger partial charge in [0.15, 0.2) is 6.29 Å². The van der Waals surface area contributed by atoms with E-state index in [1.165, 1.54) is 23.8 Å². The van der Waals surface area contributed by atoms with E-state index in [0.29, 0.717) is 6.61 Å². The van der Waals surface area contributed by atoms with E-state index in [-0.39, 0.29) is 18.5 Å². The Hall–Kier alpha value is -1.37. The summed E-state index contributed by atoms with van der Waals surface area (Å²) in [5.74, 6) is 0.279. The number of hydrogen-bond donors (Lipinski definition) is 0.